The molecule has 112 valence electrons. The minimum Gasteiger partial charge on any atom is -0.479 e. The van der Waals surface area contributed by atoms with E-state index in [1.54, 1.807) is 31.2 Å². The van der Waals surface area contributed by atoms with Gasteiger partial charge in [-0.1, -0.05) is 18.2 Å². The van der Waals surface area contributed by atoms with Crippen LogP contribution in [0, 0.1) is 25.2 Å². The normalized spacial score (nSPS) is 13.0. The Hall–Kier alpha value is -2.80. The highest BCUT2D eigenvalue weighted by Crippen LogP contribution is 2.28. The van der Waals surface area contributed by atoms with Crippen molar-refractivity contribution in [2.75, 3.05) is 5.32 Å². The lowest BCUT2D eigenvalue weighted by Gasteiger charge is -2.28. The summed E-state index contributed by atoms with van der Waals surface area (Å²) in [5.41, 5.74) is 2.80. The van der Waals surface area contributed by atoms with Gasteiger partial charge in [0.1, 0.15) is 0 Å². The Morgan fingerprint density at radius 1 is 1.14 bits per heavy atom. The maximum absolute atomic E-state index is 11.8. The van der Waals surface area contributed by atoms with E-state index in [2.05, 4.69) is 5.32 Å². The van der Waals surface area contributed by atoms with Crippen molar-refractivity contribution < 1.29 is 9.90 Å². The van der Waals surface area contributed by atoms with Crippen LogP contribution < -0.4 is 5.32 Å². The van der Waals surface area contributed by atoms with Crippen LogP contribution in [-0.2, 0) is 10.3 Å². The van der Waals surface area contributed by atoms with Crippen LogP contribution in [0.25, 0.3) is 0 Å². The van der Waals surface area contributed by atoms with Crippen LogP contribution in [0.4, 0.5) is 5.69 Å². The monoisotopic (exact) mass is 294 g/mol. The van der Waals surface area contributed by atoms with Gasteiger partial charge in [-0.25, -0.2) is 4.79 Å². The standard InChI is InChI=1S/C18H18N2O2/c1-12-4-7-15(10-13(12)2)18(3,17(21)22)20-16-8-5-14(11-19)6-9-16/h4-10,20H,1-3H3,(H,21,22). The molecule has 0 fully saturated rings. The molecule has 0 aliphatic rings. The molecule has 2 aromatic rings. The van der Waals surface area contributed by atoms with Crippen molar-refractivity contribution in [3.63, 3.8) is 0 Å². The van der Waals surface area contributed by atoms with E-state index >= 15 is 0 Å². The quantitative estimate of drug-likeness (QED) is 0.903. The van der Waals surface area contributed by atoms with E-state index in [0.29, 0.717) is 16.8 Å². The van der Waals surface area contributed by atoms with Crippen molar-refractivity contribution in [1.29, 1.82) is 5.26 Å². The smallest absolute Gasteiger partial charge is 0.333 e. The maximum atomic E-state index is 11.8. The molecule has 4 heteroatoms. The Labute approximate surface area is 130 Å². The molecule has 1 atom stereocenters. The third-order valence-electron chi connectivity index (χ3n) is 3.92. The van der Waals surface area contributed by atoms with E-state index < -0.39 is 11.5 Å². The number of nitrogens with one attached hydrogen (secondary N) is 1. The third kappa shape index (κ3) is 2.94. The van der Waals surface area contributed by atoms with Gasteiger partial charge in [-0.15, -0.1) is 0 Å². The van der Waals surface area contributed by atoms with E-state index in [0.717, 1.165) is 11.1 Å². The second-order valence-electron chi connectivity index (χ2n) is 5.54. The van der Waals surface area contributed by atoms with Crippen LogP contribution in [-0.4, -0.2) is 11.1 Å². The molecule has 0 radical (unpaired) electrons. The molecule has 2 rings (SSSR count). The van der Waals surface area contributed by atoms with Gasteiger partial charge < -0.3 is 10.4 Å². The number of hydrogen-bond donors (Lipinski definition) is 2. The number of aryl methyl sites for hydroxylation is 2. The Morgan fingerprint density at radius 3 is 2.27 bits per heavy atom. The third-order valence-corrected chi connectivity index (χ3v) is 3.92. The Balaban J connectivity index is 2.41. The molecule has 0 aliphatic carbocycles. The summed E-state index contributed by atoms with van der Waals surface area (Å²) >= 11 is 0. The molecule has 0 bridgehead atoms. The number of aliphatic carboxylic acids is 1. The number of nitrogens with zero attached hydrogens (tertiary/aromatic N) is 1. The van der Waals surface area contributed by atoms with E-state index in [9.17, 15) is 9.90 Å². The molecule has 0 aromatic heterocycles. The van der Waals surface area contributed by atoms with Gasteiger partial charge in [0.2, 0.25) is 0 Å². The number of carboxylic acids is 1. The molecule has 0 spiro atoms. The summed E-state index contributed by atoms with van der Waals surface area (Å²) in [6.07, 6.45) is 0. The molecule has 0 aliphatic heterocycles. The zero-order chi connectivity index (χ0) is 16.3. The Bertz CT molecular complexity index is 745. The van der Waals surface area contributed by atoms with Crippen LogP contribution in [0.15, 0.2) is 42.5 Å². The average molecular weight is 294 g/mol. The lowest BCUT2D eigenvalue weighted by Crippen LogP contribution is -2.40. The van der Waals surface area contributed by atoms with E-state index in [4.69, 9.17) is 5.26 Å². The molecule has 0 heterocycles. The molecular weight excluding hydrogens is 276 g/mol. The van der Waals surface area contributed by atoms with Crippen LogP contribution in [0.1, 0.15) is 29.2 Å². The first-order chi connectivity index (χ1) is 10.4. The lowest BCUT2D eigenvalue weighted by atomic mass is 9.89. The average Bonchev–Trinajstić information content (AvgIpc) is 2.50. The Morgan fingerprint density at radius 2 is 1.77 bits per heavy atom. The Kier molecular flexibility index (Phi) is 4.18. The predicted octanol–water partition coefficient (Wildman–Crippen LogP) is 3.59. The van der Waals surface area contributed by atoms with Gasteiger partial charge in [0, 0.05) is 5.69 Å². The van der Waals surface area contributed by atoms with Crippen molar-refractivity contribution in [2.45, 2.75) is 26.3 Å². The first-order valence-electron chi connectivity index (χ1n) is 6.96. The van der Waals surface area contributed by atoms with Gasteiger partial charge in [0.25, 0.3) is 0 Å². The SMILES string of the molecule is Cc1ccc(C(C)(Nc2ccc(C#N)cc2)C(=O)O)cc1C. The minimum absolute atomic E-state index is 0.536. The molecular formula is C18H18N2O2. The fraction of sp³-hybridized carbons (Fsp3) is 0.222. The fourth-order valence-corrected chi connectivity index (χ4v) is 2.22. The number of rotatable bonds is 4. The number of nitriles is 1. The fourth-order valence-electron chi connectivity index (χ4n) is 2.22. The molecule has 2 aromatic carbocycles. The summed E-state index contributed by atoms with van der Waals surface area (Å²) in [4.78, 5) is 11.8. The van der Waals surface area contributed by atoms with E-state index in [1.165, 1.54) is 0 Å². The lowest BCUT2D eigenvalue weighted by molar-refractivity contribution is -0.142. The summed E-state index contributed by atoms with van der Waals surface area (Å²) in [5, 5.41) is 21.6. The van der Waals surface area contributed by atoms with Crippen molar-refractivity contribution in [2.24, 2.45) is 0 Å². The first kappa shape index (κ1) is 15.6. The van der Waals surface area contributed by atoms with Crippen LogP contribution in [0.3, 0.4) is 0 Å². The summed E-state index contributed by atoms with van der Waals surface area (Å²) in [6, 6.07) is 14.4. The van der Waals surface area contributed by atoms with Crippen molar-refractivity contribution >= 4 is 11.7 Å². The largest absolute Gasteiger partial charge is 0.479 e. The van der Waals surface area contributed by atoms with Gasteiger partial charge in [0.05, 0.1) is 11.6 Å². The van der Waals surface area contributed by atoms with Crippen molar-refractivity contribution in [1.82, 2.24) is 0 Å². The van der Waals surface area contributed by atoms with Crippen molar-refractivity contribution in [3.8, 4) is 6.07 Å². The minimum atomic E-state index is -1.24. The second-order valence-corrected chi connectivity index (χ2v) is 5.54. The highest BCUT2D eigenvalue weighted by Gasteiger charge is 2.35. The number of carboxylic acid groups (broad SMARTS) is 1. The zero-order valence-electron chi connectivity index (χ0n) is 12.8. The molecule has 0 saturated carbocycles. The second kappa shape index (κ2) is 5.90. The van der Waals surface area contributed by atoms with Crippen LogP contribution in [0.5, 0.6) is 0 Å². The molecule has 4 nitrogen and oxygen atoms in total. The predicted molar refractivity (Wildman–Crippen MR) is 85.7 cm³/mol. The van der Waals surface area contributed by atoms with Gasteiger partial charge >= 0.3 is 5.97 Å². The summed E-state index contributed by atoms with van der Waals surface area (Å²) in [7, 11) is 0. The van der Waals surface area contributed by atoms with Crippen LogP contribution >= 0.6 is 0 Å². The van der Waals surface area contributed by atoms with Crippen LogP contribution in [0.2, 0.25) is 0 Å². The maximum Gasteiger partial charge on any atom is 0.333 e. The molecule has 0 saturated heterocycles. The van der Waals surface area contributed by atoms with Gasteiger partial charge in [0.15, 0.2) is 5.54 Å². The topological polar surface area (TPSA) is 73.1 Å². The molecule has 0 amide bonds. The van der Waals surface area contributed by atoms with Gasteiger partial charge in [-0.2, -0.15) is 5.26 Å². The highest BCUT2D eigenvalue weighted by molar-refractivity contribution is 5.84. The number of benzene rings is 2. The number of carbonyl (C=O) groups is 1. The summed E-state index contributed by atoms with van der Waals surface area (Å²) in [6.45, 7) is 5.59. The van der Waals surface area contributed by atoms with Crippen molar-refractivity contribution in [3.05, 3.63) is 64.7 Å². The first-order valence-corrected chi connectivity index (χ1v) is 6.96. The highest BCUT2D eigenvalue weighted by atomic mass is 16.4. The zero-order valence-corrected chi connectivity index (χ0v) is 12.8. The molecule has 1 unspecified atom stereocenters. The summed E-state index contributed by atoms with van der Waals surface area (Å²) < 4.78 is 0. The molecule has 22 heavy (non-hydrogen) atoms. The number of hydrogen-bond acceptors (Lipinski definition) is 3. The van der Waals surface area contributed by atoms with Gasteiger partial charge in [-0.3, -0.25) is 0 Å². The summed E-state index contributed by atoms with van der Waals surface area (Å²) in [5.74, 6) is -0.958. The van der Waals surface area contributed by atoms with E-state index in [-0.39, 0.29) is 0 Å². The van der Waals surface area contributed by atoms with E-state index in [1.807, 2.05) is 38.1 Å². The number of anilines is 1. The molecule has 2 N–H and O–H groups in total. The van der Waals surface area contributed by atoms with Gasteiger partial charge in [-0.05, 0) is 61.7 Å².